The van der Waals surface area contributed by atoms with Crippen LogP contribution < -0.4 is 10.6 Å². The SMILES string of the molecule is COC(=O)[C@H](Cc1c[nH]c2ccccc12)NC(=O)CNC(=O)C(C)CSC(C)=O. The van der Waals surface area contributed by atoms with Gasteiger partial charge in [-0.3, -0.25) is 14.4 Å². The summed E-state index contributed by atoms with van der Waals surface area (Å²) >= 11 is 1.06. The Hall–Kier alpha value is -2.81. The topological polar surface area (TPSA) is 117 Å². The first-order valence-corrected chi connectivity index (χ1v) is 10.1. The molecule has 156 valence electrons. The van der Waals surface area contributed by atoms with Gasteiger partial charge in [-0.1, -0.05) is 36.9 Å². The number of ether oxygens (including phenoxy) is 1. The summed E-state index contributed by atoms with van der Waals surface area (Å²) in [6.07, 6.45) is 2.05. The smallest absolute Gasteiger partial charge is 0.328 e. The van der Waals surface area contributed by atoms with Gasteiger partial charge in [-0.05, 0) is 11.6 Å². The average molecular weight is 420 g/mol. The molecule has 0 aliphatic heterocycles. The molecule has 1 aromatic heterocycles. The van der Waals surface area contributed by atoms with Gasteiger partial charge in [0.15, 0.2) is 5.12 Å². The number of aromatic amines is 1. The van der Waals surface area contributed by atoms with E-state index >= 15 is 0 Å². The fraction of sp³-hybridized carbons (Fsp3) is 0.400. The zero-order chi connectivity index (χ0) is 21.4. The first-order valence-electron chi connectivity index (χ1n) is 9.15. The van der Waals surface area contributed by atoms with Crippen molar-refractivity contribution in [3.05, 3.63) is 36.0 Å². The first kappa shape index (κ1) is 22.5. The Balaban J connectivity index is 1.94. The van der Waals surface area contributed by atoms with Crippen molar-refractivity contribution in [2.24, 2.45) is 5.92 Å². The highest BCUT2D eigenvalue weighted by Crippen LogP contribution is 2.19. The van der Waals surface area contributed by atoms with E-state index in [9.17, 15) is 19.2 Å². The van der Waals surface area contributed by atoms with Crippen LogP contribution in [0.25, 0.3) is 10.9 Å². The maximum atomic E-state index is 12.3. The van der Waals surface area contributed by atoms with Gasteiger partial charge in [0.2, 0.25) is 11.8 Å². The van der Waals surface area contributed by atoms with Gasteiger partial charge in [0.05, 0.1) is 13.7 Å². The van der Waals surface area contributed by atoms with Crippen LogP contribution in [0.2, 0.25) is 0 Å². The summed E-state index contributed by atoms with van der Waals surface area (Å²) < 4.78 is 4.81. The molecule has 0 aliphatic carbocycles. The highest BCUT2D eigenvalue weighted by Gasteiger charge is 2.24. The third-order valence-corrected chi connectivity index (χ3v) is 5.40. The van der Waals surface area contributed by atoms with Crippen molar-refractivity contribution in [2.45, 2.75) is 26.3 Å². The van der Waals surface area contributed by atoms with Crippen LogP contribution in [0.4, 0.5) is 0 Å². The van der Waals surface area contributed by atoms with Gasteiger partial charge < -0.3 is 20.4 Å². The molecular formula is C20H25N3O5S. The molecule has 0 radical (unpaired) electrons. The van der Waals surface area contributed by atoms with Crippen molar-refractivity contribution in [3.8, 4) is 0 Å². The molecule has 0 spiro atoms. The van der Waals surface area contributed by atoms with E-state index in [0.29, 0.717) is 5.75 Å². The van der Waals surface area contributed by atoms with Crippen LogP contribution in [0.15, 0.2) is 30.5 Å². The van der Waals surface area contributed by atoms with Crippen molar-refractivity contribution < 1.29 is 23.9 Å². The molecule has 0 bridgehead atoms. The molecule has 2 amide bonds. The number of fused-ring (bicyclic) bond motifs is 1. The Labute approximate surface area is 173 Å². The van der Waals surface area contributed by atoms with Gasteiger partial charge in [-0.15, -0.1) is 0 Å². The number of carbonyl (C=O) groups excluding carboxylic acids is 4. The van der Waals surface area contributed by atoms with Crippen molar-refractivity contribution >= 4 is 45.6 Å². The number of hydrogen-bond donors (Lipinski definition) is 3. The zero-order valence-electron chi connectivity index (χ0n) is 16.6. The number of para-hydroxylation sites is 1. The normalized spacial score (nSPS) is 12.8. The summed E-state index contributed by atoms with van der Waals surface area (Å²) in [5.74, 6) is -1.48. The largest absolute Gasteiger partial charge is 0.467 e. The molecule has 2 rings (SSSR count). The van der Waals surface area contributed by atoms with Crippen LogP contribution in [0.1, 0.15) is 19.4 Å². The number of esters is 1. The minimum atomic E-state index is -0.880. The van der Waals surface area contributed by atoms with Gasteiger partial charge >= 0.3 is 5.97 Å². The summed E-state index contributed by atoms with van der Waals surface area (Å²) in [5.41, 5.74) is 1.80. The van der Waals surface area contributed by atoms with E-state index in [0.717, 1.165) is 28.2 Å². The third-order valence-electron chi connectivity index (χ3n) is 4.33. The molecule has 0 saturated heterocycles. The lowest BCUT2D eigenvalue weighted by molar-refractivity contribution is -0.145. The quantitative estimate of drug-likeness (QED) is 0.529. The highest BCUT2D eigenvalue weighted by molar-refractivity contribution is 8.13. The fourth-order valence-electron chi connectivity index (χ4n) is 2.76. The molecule has 0 aliphatic rings. The van der Waals surface area contributed by atoms with E-state index in [1.165, 1.54) is 14.0 Å². The van der Waals surface area contributed by atoms with E-state index in [1.807, 2.05) is 24.3 Å². The number of hydrogen-bond acceptors (Lipinski definition) is 6. The fourth-order valence-corrected chi connectivity index (χ4v) is 3.40. The van der Waals surface area contributed by atoms with Gasteiger partial charge in [0.25, 0.3) is 0 Å². The number of amides is 2. The summed E-state index contributed by atoms with van der Waals surface area (Å²) in [5, 5.41) is 6.03. The summed E-state index contributed by atoms with van der Waals surface area (Å²) in [6, 6.07) is 6.77. The Bertz CT molecular complexity index is 895. The van der Waals surface area contributed by atoms with Crippen molar-refractivity contribution in [1.29, 1.82) is 0 Å². The number of H-pyrrole nitrogens is 1. The Morgan fingerprint density at radius 2 is 1.93 bits per heavy atom. The standard InChI is InChI=1S/C20H25N3O5S/c1-12(11-29-13(2)24)19(26)22-10-18(25)23-17(20(27)28-3)8-14-9-21-16-7-5-4-6-15(14)16/h4-7,9,12,17,21H,8,10-11H2,1-3H3,(H,22,26)(H,23,25)/t12?,17-/m0/s1. The number of nitrogens with one attached hydrogen (secondary N) is 3. The van der Waals surface area contributed by atoms with E-state index in [-0.39, 0.29) is 24.0 Å². The van der Waals surface area contributed by atoms with E-state index in [1.54, 1.807) is 13.1 Å². The van der Waals surface area contributed by atoms with Gasteiger partial charge in [-0.25, -0.2) is 4.79 Å². The van der Waals surface area contributed by atoms with Crippen molar-refractivity contribution in [1.82, 2.24) is 15.6 Å². The minimum Gasteiger partial charge on any atom is -0.467 e. The molecule has 9 heteroatoms. The molecule has 1 heterocycles. The first-order chi connectivity index (χ1) is 13.8. The van der Waals surface area contributed by atoms with E-state index < -0.39 is 23.8 Å². The molecule has 0 fully saturated rings. The Morgan fingerprint density at radius 1 is 1.21 bits per heavy atom. The summed E-state index contributed by atoms with van der Waals surface area (Å²) in [7, 11) is 1.26. The second-order valence-corrected chi connectivity index (χ2v) is 7.83. The van der Waals surface area contributed by atoms with E-state index in [4.69, 9.17) is 4.74 Å². The van der Waals surface area contributed by atoms with Gasteiger partial charge in [0, 0.05) is 42.1 Å². The predicted molar refractivity (Wildman–Crippen MR) is 111 cm³/mol. The summed E-state index contributed by atoms with van der Waals surface area (Å²) in [6.45, 7) is 2.84. The lowest BCUT2D eigenvalue weighted by Gasteiger charge is -2.17. The van der Waals surface area contributed by atoms with Crippen LogP contribution in [0.5, 0.6) is 0 Å². The molecule has 29 heavy (non-hydrogen) atoms. The maximum Gasteiger partial charge on any atom is 0.328 e. The zero-order valence-corrected chi connectivity index (χ0v) is 17.4. The van der Waals surface area contributed by atoms with Crippen molar-refractivity contribution in [3.63, 3.8) is 0 Å². The van der Waals surface area contributed by atoms with Gasteiger partial charge in [-0.2, -0.15) is 0 Å². The third kappa shape index (κ3) is 6.63. The van der Waals surface area contributed by atoms with Crippen LogP contribution in [-0.2, 0) is 30.3 Å². The monoisotopic (exact) mass is 419 g/mol. The average Bonchev–Trinajstić information content (AvgIpc) is 3.12. The van der Waals surface area contributed by atoms with Crippen LogP contribution in [0.3, 0.4) is 0 Å². The lowest BCUT2D eigenvalue weighted by Crippen LogP contribution is -2.47. The molecule has 8 nitrogen and oxygen atoms in total. The van der Waals surface area contributed by atoms with Crippen LogP contribution >= 0.6 is 11.8 Å². The molecular weight excluding hydrogens is 394 g/mol. The highest BCUT2D eigenvalue weighted by atomic mass is 32.2. The molecule has 0 saturated carbocycles. The molecule has 2 atom stereocenters. The number of carbonyl (C=O) groups is 4. The second-order valence-electron chi connectivity index (χ2n) is 6.63. The van der Waals surface area contributed by atoms with E-state index in [2.05, 4.69) is 15.6 Å². The maximum absolute atomic E-state index is 12.3. The number of benzene rings is 1. The van der Waals surface area contributed by atoms with Crippen LogP contribution in [0, 0.1) is 5.92 Å². The number of aromatic nitrogens is 1. The lowest BCUT2D eigenvalue weighted by atomic mass is 10.0. The predicted octanol–water partition coefficient (Wildman–Crippen LogP) is 1.40. The van der Waals surface area contributed by atoms with Gasteiger partial charge in [0.1, 0.15) is 6.04 Å². The second kappa shape index (κ2) is 10.7. The molecule has 2 aromatic rings. The number of thioether (sulfide) groups is 1. The molecule has 1 aromatic carbocycles. The molecule has 1 unspecified atom stereocenters. The minimum absolute atomic E-state index is 0.0689. The number of rotatable bonds is 9. The van der Waals surface area contributed by atoms with Crippen molar-refractivity contribution in [2.75, 3.05) is 19.4 Å². The molecule has 3 N–H and O–H groups in total. The summed E-state index contributed by atoms with van der Waals surface area (Å²) in [4.78, 5) is 50.5. The Kier molecular flexibility index (Phi) is 8.26. The van der Waals surface area contributed by atoms with Crippen LogP contribution in [-0.4, -0.2) is 53.3 Å². The Morgan fingerprint density at radius 3 is 2.62 bits per heavy atom. The number of methoxy groups -OCH3 is 1.